The van der Waals surface area contributed by atoms with Crippen molar-refractivity contribution in [3.8, 4) is 6.07 Å². The number of methoxy groups -OCH3 is 1. The second-order valence-electron chi connectivity index (χ2n) is 10.3. The summed E-state index contributed by atoms with van der Waals surface area (Å²) in [6.45, 7) is 11.9. The number of benzene rings is 1. The van der Waals surface area contributed by atoms with E-state index in [-0.39, 0.29) is 11.1 Å². The first kappa shape index (κ1) is 23.6. The number of ether oxygens (including phenoxy) is 1. The average Bonchev–Trinajstić information content (AvgIpc) is 3.00. The smallest absolute Gasteiger partial charge is 0.0971 e. The molecule has 1 heterocycles. The van der Waals surface area contributed by atoms with Crippen LogP contribution in [0.3, 0.4) is 0 Å². The number of nitrogens with zero attached hydrogens (tertiary/aromatic N) is 4. The molecule has 0 bridgehead atoms. The van der Waals surface area contributed by atoms with Crippen molar-refractivity contribution in [2.75, 3.05) is 47.4 Å². The van der Waals surface area contributed by atoms with Crippen LogP contribution in [0.1, 0.15) is 51.5 Å². The highest BCUT2D eigenvalue weighted by Gasteiger charge is 2.52. The summed E-state index contributed by atoms with van der Waals surface area (Å²) >= 11 is 0. The van der Waals surface area contributed by atoms with Crippen LogP contribution in [0.25, 0.3) is 0 Å². The van der Waals surface area contributed by atoms with Crippen LogP contribution in [-0.2, 0) is 10.3 Å². The van der Waals surface area contributed by atoms with E-state index < -0.39 is 5.41 Å². The molecule has 5 heteroatoms. The Balaban J connectivity index is 1.86. The second kappa shape index (κ2) is 9.22. The molecule has 0 amide bonds. The number of hydrogen-bond donors (Lipinski definition) is 0. The van der Waals surface area contributed by atoms with Crippen LogP contribution in [0.5, 0.6) is 0 Å². The van der Waals surface area contributed by atoms with Gasteiger partial charge < -0.3 is 14.5 Å². The topological polar surface area (TPSA) is 42.7 Å². The molecule has 1 saturated carbocycles. The van der Waals surface area contributed by atoms with Gasteiger partial charge >= 0.3 is 0 Å². The van der Waals surface area contributed by atoms with Gasteiger partial charge in [-0.1, -0.05) is 36.9 Å². The van der Waals surface area contributed by atoms with Gasteiger partial charge in [0.05, 0.1) is 22.8 Å². The lowest BCUT2D eigenvalue weighted by Gasteiger charge is -2.51. The van der Waals surface area contributed by atoms with Gasteiger partial charge in [0.15, 0.2) is 0 Å². The Labute approximate surface area is 189 Å². The Hall–Kier alpha value is -2.03. The van der Waals surface area contributed by atoms with Crippen LogP contribution < -0.4 is 0 Å². The van der Waals surface area contributed by atoms with Crippen LogP contribution in [-0.4, -0.2) is 67.7 Å². The molecule has 1 spiro atoms. The summed E-state index contributed by atoms with van der Waals surface area (Å²) in [7, 11) is 6.20. The minimum Gasteiger partial charge on any atom is -0.385 e. The monoisotopic (exact) mass is 424 g/mol. The number of hydrogen-bond acceptors (Lipinski definition) is 5. The molecule has 5 nitrogen and oxygen atoms in total. The maximum absolute atomic E-state index is 9.60. The summed E-state index contributed by atoms with van der Waals surface area (Å²) in [5.41, 5.74) is 1.19. The standard InChI is InChI=1S/C26H40N4O/c1-22-29(20-24(2,3)19-27)21-25(30(22)17-10-18-31-6)13-15-26(16-14-25,28(4)5)23-11-8-7-9-12-23/h7-9,11-12H,1,10,13-18,20-21H2,2-6H3. The lowest BCUT2D eigenvalue weighted by Crippen LogP contribution is -2.55. The van der Waals surface area contributed by atoms with Crippen molar-refractivity contribution in [3.05, 3.63) is 48.3 Å². The van der Waals surface area contributed by atoms with Gasteiger partial charge in [-0.2, -0.15) is 5.26 Å². The quantitative estimate of drug-likeness (QED) is 0.578. The molecule has 1 aromatic rings. The fraction of sp³-hybridized carbons (Fsp3) is 0.654. The van der Waals surface area contributed by atoms with E-state index in [0.717, 1.165) is 64.2 Å². The molecule has 1 aliphatic carbocycles. The van der Waals surface area contributed by atoms with E-state index in [1.54, 1.807) is 7.11 Å². The van der Waals surface area contributed by atoms with Gasteiger partial charge in [-0.05, 0) is 65.6 Å². The Morgan fingerprint density at radius 2 is 1.81 bits per heavy atom. The van der Waals surface area contributed by atoms with E-state index in [4.69, 9.17) is 4.74 Å². The highest BCUT2D eigenvalue weighted by atomic mass is 16.5. The molecule has 0 atom stereocenters. The Morgan fingerprint density at radius 3 is 2.35 bits per heavy atom. The molecule has 1 aliphatic heterocycles. The molecule has 0 N–H and O–H groups in total. The molecule has 0 radical (unpaired) electrons. The molecule has 170 valence electrons. The zero-order valence-corrected chi connectivity index (χ0v) is 20.2. The van der Waals surface area contributed by atoms with Crippen LogP contribution in [0, 0.1) is 16.7 Å². The van der Waals surface area contributed by atoms with E-state index in [1.807, 2.05) is 13.8 Å². The maximum atomic E-state index is 9.60. The Bertz CT molecular complexity index is 787. The van der Waals surface area contributed by atoms with E-state index in [0.29, 0.717) is 0 Å². The third-order valence-electron chi connectivity index (χ3n) is 7.53. The highest BCUT2D eigenvalue weighted by molar-refractivity contribution is 5.27. The normalized spacial score (nSPS) is 26.7. The molecule has 1 aromatic carbocycles. The van der Waals surface area contributed by atoms with Crippen LogP contribution in [0.4, 0.5) is 0 Å². The first-order chi connectivity index (χ1) is 14.7. The lowest BCUT2D eigenvalue weighted by molar-refractivity contribution is 0.0204. The van der Waals surface area contributed by atoms with Gasteiger partial charge in [0.2, 0.25) is 0 Å². The highest BCUT2D eigenvalue weighted by Crippen LogP contribution is 2.50. The molecule has 31 heavy (non-hydrogen) atoms. The molecule has 1 saturated heterocycles. The summed E-state index contributed by atoms with van der Waals surface area (Å²) in [6, 6.07) is 13.4. The van der Waals surface area contributed by atoms with Gasteiger partial charge in [0.25, 0.3) is 0 Å². The predicted octanol–water partition coefficient (Wildman–Crippen LogP) is 4.43. The summed E-state index contributed by atoms with van der Waals surface area (Å²) in [5.74, 6) is 1.08. The fourth-order valence-electron chi connectivity index (χ4n) is 5.67. The van der Waals surface area contributed by atoms with E-state index in [9.17, 15) is 5.26 Å². The Kier molecular flexibility index (Phi) is 7.03. The molecular weight excluding hydrogens is 384 g/mol. The third kappa shape index (κ3) is 4.61. The van der Waals surface area contributed by atoms with Crippen molar-refractivity contribution in [3.63, 3.8) is 0 Å². The zero-order chi connectivity index (χ0) is 22.7. The molecule has 0 aromatic heterocycles. The van der Waals surface area contributed by atoms with Crippen LogP contribution in [0.15, 0.2) is 42.7 Å². The molecular formula is C26H40N4O. The summed E-state index contributed by atoms with van der Waals surface area (Å²) in [6.07, 6.45) is 5.47. The van der Waals surface area contributed by atoms with Crippen molar-refractivity contribution in [2.45, 2.75) is 57.0 Å². The average molecular weight is 425 g/mol. The SMILES string of the molecule is C=C1N(CC(C)(C)C#N)CC2(CCC(c3ccccc3)(N(C)C)CC2)N1CCCOC. The number of rotatable bonds is 8. The molecule has 3 rings (SSSR count). The minimum atomic E-state index is -0.390. The van der Waals surface area contributed by atoms with Gasteiger partial charge in [-0.3, -0.25) is 4.90 Å². The van der Waals surface area contributed by atoms with Gasteiger partial charge in [-0.25, -0.2) is 0 Å². The predicted molar refractivity (Wildman–Crippen MR) is 126 cm³/mol. The van der Waals surface area contributed by atoms with Crippen molar-refractivity contribution in [1.82, 2.24) is 14.7 Å². The van der Waals surface area contributed by atoms with Crippen molar-refractivity contribution in [1.29, 1.82) is 5.26 Å². The Morgan fingerprint density at radius 1 is 1.16 bits per heavy atom. The van der Waals surface area contributed by atoms with Gasteiger partial charge in [-0.15, -0.1) is 0 Å². The zero-order valence-electron chi connectivity index (χ0n) is 20.2. The van der Waals surface area contributed by atoms with Gasteiger partial charge in [0, 0.05) is 38.9 Å². The molecule has 0 unspecified atom stereocenters. The third-order valence-corrected chi connectivity index (χ3v) is 7.53. The lowest BCUT2D eigenvalue weighted by atomic mass is 9.68. The number of nitriles is 1. The fourth-order valence-corrected chi connectivity index (χ4v) is 5.67. The largest absolute Gasteiger partial charge is 0.385 e. The summed E-state index contributed by atoms with van der Waals surface area (Å²) in [4.78, 5) is 7.33. The maximum Gasteiger partial charge on any atom is 0.0971 e. The van der Waals surface area contributed by atoms with Gasteiger partial charge in [0.1, 0.15) is 0 Å². The first-order valence-corrected chi connectivity index (χ1v) is 11.5. The second-order valence-corrected chi connectivity index (χ2v) is 10.3. The van der Waals surface area contributed by atoms with E-state index in [2.05, 4.69) is 71.8 Å². The molecule has 2 fully saturated rings. The van der Waals surface area contributed by atoms with Crippen molar-refractivity contribution < 1.29 is 4.74 Å². The van der Waals surface area contributed by atoms with E-state index >= 15 is 0 Å². The molecule has 2 aliphatic rings. The first-order valence-electron chi connectivity index (χ1n) is 11.5. The van der Waals surface area contributed by atoms with Crippen molar-refractivity contribution >= 4 is 0 Å². The van der Waals surface area contributed by atoms with E-state index in [1.165, 1.54) is 5.56 Å². The summed E-state index contributed by atoms with van der Waals surface area (Å²) < 4.78 is 5.34. The van der Waals surface area contributed by atoms with Crippen LogP contribution in [0.2, 0.25) is 0 Å². The summed E-state index contributed by atoms with van der Waals surface area (Å²) in [5, 5.41) is 9.60. The minimum absolute atomic E-state index is 0.0748. The van der Waals surface area contributed by atoms with Crippen molar-refractivity contribution in [2.24, 2.45) is 5.41 Å². The van der Waals surface area contributed by atoms with Crippen LogP contribution >= 0.6 is 0 Å².